The lowest BCUT2D eigenvalue weighted by Crippen LogP contribution is -2.72. The molecule has 0 radical (unpaired) electrons. The summed E-state index contributed by atoms with van der Waals surface area (Å²) in [7, 11) is 0. The molecule has 4 aliphatic heterocycles. The average molecular weight is 262 g/mol. The number of hydrogen-bond donors (Lipinski definition) is 0. The van der Waals surface area contributed by atoms with E-state index in [1.54, 1.807) is 0 Å². The van der Waals surface area contributed by atoms with Gasteiger partial charge in [0.15, 0.2) is 0 Å². The highest BCUT2D eigenvalue weighted by Crippen LogP contribution is 2.73. The molecule has 0 N–H and O–H groups in total. The van der Waals surface area contributed by atoms with Crippen LogP contribution in [0.15, 0.2) is 12.2 Å². The summed E-state index contributed by atoms with van der Waals surface area (Å²) in [4.78, 5) is 0. The van der Waals surface area contributed by atoms with Crippen molar-refractivity contribution < 1.29 is 27.0 Å². The fourth-order valence-corrected chi connectivity index (χ4v) is 4.81. The Labute approximate surface area is 99.9 Å². The van der Waals surface area contributed by atoms with Gasteiger partial charge in [-0.2, -0.15) is 17.6 Å². The molecule has 0 unspecified atom stereocenters. The number of alkyl halides is 4. The van der Waals surface area contributed by atoms with E-state index >= 15 is 0 Å². The standard InChI is InChI=1S/C12H10F4O2/c13-11(14)7-8(12(11,15)16)10-6-4-2-1-3(17-4)5(6)9(7)18-10/h1-10H/t3-,4+,5-,6+,7-,8-,9+,10+/m0/s1. The molecule has 4 heterocycles. The van der Waals surface area contributed by atoms with Crippen LogP contribution in [0, 0.1) is 23.7 Å². The third kappa shape index (κ3) is 0.744. The van der Waals surface area contributed by atoms with E-state index in [1.165, 1.54) is 0 Å². The van der Waals surface area contributed by atoms with Crippen LogP contribution in [0.25, 0.3) is 0 Å². The highest BCUT2D eigenvalue weighted by molar-refractivity contribution is 5.30. The maximum absolute atomic E-state index is 13.5. The van der Waals surface area contributed by atoms with Gasteiger partial charge < -0.3 is 9.47 Å². The molecule has 3 saturated heterocycles. The molecular formula is C12H10F4O2. The lowest BCUT2D eigenvalue weighted by molar-refractivity contribution is -0.358. The van der Waals surface area contributed by atoms with E-state index < -0.39 is 35.9 Å². The largest absolute Gasteiger partial charge is 0.373 e. The van der Waals surface area contributed by atoms with Crippen LogP contribution in [0.5, 0.6) is 0 Å². The van der Waals surface area contributed by atoms with Gasteiger partial charge in [0.05, 0.1) is 36.3 Å². The molecule has 5 rings (SSSR count). The van der Waals surface area contributed by atoms with E-state index in [1.807, 2.05) is 12.2 Å². The summed E-state index contributed by atoms with van der Waals surface area (Å²) in [5.74, 6) is -10.8. The summed E-state index contributed by atoms with van der Waals surface area (Å²) in [6.45, 7) is 0. The van der Waals surface area contributed by atoms with Crippen LogP contribution in [-0.4, -0.2) is 36.3 Å². The molecule has 8 atom stereocenters. The zero-order valence-electron chi connectivity index (χ0n) is 9.10. The Hall–Kier alpha value is -0.620. The maximum atomic E-state index is 13.5. The van der Waals surface area contributed by atoms with Gasteiger partial charge in [-0.15, -0.1) is 0 Å². The number of rotatable bonds is 0. The number of ether oxygens (including phenoxy) is 2. The number of hydrogen-bond acceptors (Lipinski definition) is 2. The van der Waals surface area contributed by atoms with Crippen molar-refractivity contribution in [1.29, 1.82) is 0 Å². The van der Waals surface area contributed by atoms with Gasteiger partial charge in [-0.3, -0.25) is 0 Å². The summed E-state index contributed by atoms with van der Waals surface area (Å²) >= 11 is 0. The average Bonchev–Trinajstić information content (AvgIpc) is 3.04. The maximum Gasteiger partial charge on any atom is 0.316 e. The van der Waals surface area contributed by atoms with Crippen LogP contribution >= 0.6 is 0 Å². The summed E-state index contributed by atoms with van der Waals surface area (Å²) in [6, 6.07) is 0. The molecule has 4 bridgehead atoms. The predicted octanol–water partition coefficient (Wildman–Crippen LogP) is 1.85. The Morgan fingerprint density at radius 3 is 1.61 bits per heavy atom. The first-order chi connectivity index (χ1) is 8.44. The Bertz CT molecular complexity index is 437. The zero-order chi connectivity index (χ0) is 12.4. The number of fused-ring (bicyclic) bond motifs is 12. The van der Waals surface area contributed by atoms with E-state index in [2.05, 4.69) is 0 Å². The summed E-state index contributed by atoms with van der Waals surface area (Å²) in [5.41, 5.74) is 0. The van der Waals surface area contributed by atoms with Gasteiger partial charge in [-0.25, -0.2) is 0 Å². The quantitative estimate of drug-likeness (QED) is 0.490. The molecule has 0 aromatic heterocycles. The molecule has 1 saturated carbocycles. The molecule has 18 heavy (non-hydrogen) atoms. The van der Waals surface area contributed by atoms with Gasteiger partial charge in [-0.05, 0) is 0 Å². The Morgan fingerprint density at radius 1 is 0.722 bits per heavy atom. The van der Waals surface area contributed by atoms with E-state index in [0.29, 0.717) is 0 Å². The van der Waals surface area contributed by atoms with Crippen LogP contribution in [0.3, 0.4) is 0 Å². The SMILES string of the molecule is FC1(F)[C@@H]2[C@@H]3O[C@H]([C@H]4[C@@H]3[C@@H]3C=C[C@H]4O3)[C@H]2C1(F)F. The smallest absolute Gasteiger partial charge is 0.316 e. The van der Waals surface area contributed by atoms with Crippen molar-refractivity contribution in [3.63, 3.8) is 0 Å². The lowest BCUT2D eigenvalue weighted by atomic mass is 9.53. The molecule has 6 heteroatoms. The minimum Gasteiger partial charge on any atom is -0.373 e. The molecular weight excluding hydrogens is 252 g/mol. The third-order valence-corrected chi connectivity index (χ3v) is 5.46. The highest BCUT2D eigenvalue weighted by Gasteiger charge is 2.89. The van der Waals surface area contributed by atoms with Crippen LogP contribution in [0.2, 0.25) is 0 Å². The Morgan fingerprint density at radius 2 is 1.17 bits per heavy atom. The van der Waals surface area contributed by atoms with Gasteiger partial charge in [0.2, 0.25) is 0 Å². The van der Waals surface area contributed by atoms with E-state index in [4.69, 9.17) is 9.47 Å². The summed E-state index contributed by atoms with van der Waals surface area (Å²) in [6.07, 6.45) is 1.72. The first-order valence-electron chi connectivity index (χ1n) is 6.19. The van der Waals surface area contributed by atoms with Crippen LogP contribution in [-0.2, 0) is 9.47 Å². The van der Waals surface area contributed by atoms with Crippen LogP contribution in [0.4, 0.5) is 17.6 Å². The second-order valence-corrected chi connectivity index (χ2v) is 5.97. The minimum atomic E-state index is -3.92. The van der Waals surface area contributed by atoms with Crippen LogP contribution < -0.4 is 0 Å². The first-order valence-corrected chi connectivity index (χ1v) is 6.19. The van der Waals surface area contributed by atoms with Crippen molar-refractivity contribution in [2.45, 2.75) is 36.3 Å². The molecule has 98 valence electrons. The molecule has 4 fully saturated rings. The van der Waals surface area contributed by atoms with Gasteiger partial charge in [0, 0.05) is 11.8 Å². The molecule has 0 amide bonds. The van der Waals surface area contributed by atoms with Crippen molar-refractivity contribution in [2.75, 3.05) is 0 Å². The van der Waals surface area contributed by atoms with Crippen molar-refractivity contribution in [3.8, 4) is 0 Å². The van der Waals surface area contributed by atoms with Gasteiger partial charge >= 0.3 is 11.8 Å². The normalized spacial score (nSPS) is 63.8. The van der Waals surface area contributed by atoms with Crippen LogP contribution in [0.1, 0.15) is 0 Å². The second-order valence-electron chi connectivity index (χ2n) is 5.97. The van der Waals surface area contributed by atoms with E-state index in [-0.39, 0.29) is 24.0 Å². The topological polar surface area (TPSA) is 18.5 Å². The Balaban J connectivity index is 1.61. The minimum absolute atomic E-state index is 0.159. The lowest BCUT2D eigenvalue weighted by Gasteiger charge is -2.53. The Kier molecular flexibility index (Phi) is 1.42. The third-order valence-electron chi connectivity index (χ3n) is 5.46. The fourth-order valence-electron chi connectivity index (χ4n) is 4.81. The molecule has 1 aliphatic carbocycles. The van der Waals surface area contributed by atoms with Crippen molar-refractivity contribution >= 4 is 0 Å². The fraction of sp³-hybridized carbons (Fsp3) is 0.833. The molecule has 0 aromatic carbocycles. The van der Waals surface area contributed by atoms with E-state index in [0.717, 1.165) is 0 Å². The molecule has 5 aliphatic rings. The summed E-state index contributed by atoms with van der Waals surface area (Å²) < 4.78 is 65.3. The van der Waals surface area contributed by atoms with Gasteiger partial charge in [-0.1, -0.05) is 12.2 Å². The van der Waals surface area contributed by atoms with Gasteiger partial charge in [0.1, 0.15) is 0 Å². The number of halogens is 4. The van der Waals surface area contributed by atoms with E-state index in [9.17, 15) is 17.6 Å². The predicted molar refractivity (Wildman–Crippen MR) is 50.3 cm³/mol. The van der Waals surface area contributed by atoms with Crippen molar-refractivity contribution in [2.24, 2.45) is 23.7 Å². The first kappa shape index (κ1) is 10.2. The zero-order valence-corrected chi connectivity index (χ0v) is 9.10. The molecule has 0 spiro atoms. The molecule has 2 nitrogen and oxygen atoms in total. The van der Waals surface area contributed by atoms with Crippen molar-refractivity contribution in [3.05, 3.63) is 12.2 Å². The molecule has 0 aromatic rings. The second kappa shape index (κ2) is 2.50. The van der Waals surface area contributed by atoms with Crippen molar-refractivity contribution in [1.82, 2.24) is 0 Å². The van der Waals surface area contributed by atoms with Gasteiger partial charge in [0.25, 0.3) is 0 Å². The highest BCUT2D eigenvalue weighted by atomic mass is 19.3. The monoisotopic (exact) mass is 262 g/mol. The summed E-state index contributed by atoms with van der Waals surface area (Å²) in [5, 5.41) is 0.